The summed E-state index contributed by atoms with van der Waals surface area (Å²) >= 11 is -0.826. The third-order valence-electron chi connectivity index (χ3n) is 6.08. The molecule has 0 spiro atoms. The summed E-state index contributed by atoms with van der Waals surface area (Å²) in [5.74, 6) is 0.375. The monoisotopic (exact) mass is 477 g/mol. The Bertz CT molecular complexity index is 544. The second kappa shape index (κ2) is 12.0. The molecule has 1 fully saturated rings. The Hall–Kier alpha value is 0.370. The standard InChI is InChI=1S/C19H31NOSi.2ClH.Zr/c1-5-22(6-2,7-3)18-12-11-17(13-18)20-14-16-10-8-9-15(4)19(16)21;;;/h8-10,14,17-18,21H,5-7,11-13H2,1-4H3;2*1H;/q;;;+2/p-2. The van der Waals surface area contributed by atoms with Gasteiger partial charge in [-0.1, -0.05) is 57.5 Å². The Morgan fingerprint density at radius 3 is 2.36 bits per heavy atom. The molecule has 2 atom stereocenters. The molecule has 1 N–H and O–H groups in total. The van der Waals surface area contributed by atoms with Crippen molar-refractivity contribution in [3.05, 3.63) is 29.3 Å². The van der Waals surface area contributed by atoms with Crippen molar-refractivity contribution in [3.63, 3.8) is 0 Å². The van der Waals surface area contributed by atoms with Gasteiger partial charge < -0.3 is 5.11 Å². The van der Waals surface area contributed by atoms with Crippen LogP contribution < -0.4 is 0 Å². The summed E-state index contributed by atoms with van der Waals surface area (Å²) < 4.78 is 0. The summed E-state index contributed by atoms with van der Waals surface area (Å²) in [4.78, 5) is 4.80. The van der Waals surface area contributed by atoms with Crippen molar-refractivity contribution < 1.29 is 26.0 Å². The minimum absolute atomic E-state index is 0.375. The molecule has 0 aromatic heterocycles. The number of phenols is 1. The number of aromatic hydroxyl groups is 1. The van der Waals surface area contributed by atoms with Gasteiger partial charge in [0.05, 0.1) is 8.07 Å². The molecule has 2 rings (SSSR count). The van der Waals surface area contributed by atoms with E-state index in [4.69, 9.17) is 22.0 Å². The number of nitrogens with zero attached hydrogens (tertiary/aromatic N) is 1. The summed E-state index contributed by atoms with van der Waals surface area (Å²) in [5, 5.41) is 10.1. The number of aliphatic imine (C=N–C) groups is 1. The number of halogens is 2. The van der Waals surface area contributed by atoms with Crippen molar-refractivity contribution in [2.75, 3.05) is 0 Å². The molecule has 1 aromatic rings. The first-order valence-electron chi connectivity index (χ1n) is 9.25. The van der Waals surface area contributed by atoms with Crippen molar-refractivity contribution in [2.24, 2.45) is 4.99 Å². The first-order chi connectivity index (χ1) is 12.0. The third-order valence-corrected chi connectivity index (χ3v) is 12.6. The van der Waals surface area contributed by atoms with Crippen molar-refractivity contribution >= 4 is 31.3 Å². The zero-order valence-corrected chi connectivity index (χ0v) is 20.8. The molecule has 0 bridgehead atoms. The quantitative estimate of drug-likeness (QED) is 0.348. The molecule has 0 saturated heterocycles. The van der Waals surface area contributed by atoms with Crippen LogP contribution in [-0.4, -0.2) is 25.4 Å². The van der Waals surface area contributed by atoms with E-state index in [9.17, 15) is 5.11 Å². The topological polar surface area (TPSA) is 32.6 Å². The van der Waals surface area contributed by atoms with Crippen molar-refractivity contribution in [1.29, 1.82) is 0 Å². The van der Waals surface area contributed by atoms with E-state index in [0.29, 0.717) is 11.8 Å². The van der Waals surface area contributed by atoms with Crippen LogP contribution in [0.3, 0.4) is 0 Å². The fraction of sp³-hybridized carbons (Fsp3) is 0.632. The molecule has 25 heavy (non-hydrogen) atoms. The number of rotatable bonds is 6. The van der Waals surface area contributed by atoms with Gasteiger partial charge in [0.25, 0.3) is 0 Å². The maximum atomic E-state index is 10.1. The van der Waals surface area contributed by atoms with Gasteiger partial charge in [0, 0.05) is 17.8 Å². The summed E-state index contributed by atoms with van der Waals surface area (Å²) in [7, 11) is 8.79. The molecule has 1 aromatic carbocycles. The molecule has 1 aliphatic rings. The number of hydrogen-bond donors (Lipinski definition) is 1. The van der Waals surface area contributed by atoms with E-state index >= 15 is 0 Å². The van der Waals surface area contributed by atoms with E-state index in [0.717, 1.165) is 16.7 Å². The molecule has 6 heteroatoms. The van der Waals surface area contributed by atoms with Crippen LogP contribution in [-0.2, 0) is 20.8 Å². The predicted octanol–water partition coefficient (Wildman–Crippen LogP) is 6.93. The second-order valence-corrected chi connectivity index (χ2v) is 16.3. The molecule has 0 aliphatic heterocycles. The molecule has 0 amide bonds. The maximum absolute atomic E-state index is 10.1. The molecule has 0 heterocycles. The molecule has 2 nitrogen and oxygen atoms in total. The van der Waals surface area contributed by atoms with E-state index in [2.05, 4.69) is 20.8 Å². The van der Waals surface area contributed by atoms with Crippen molar-refractivity contribution in [3.8, 4) is 5.75 Å². The van der Waals surface area contributed by atoms with E-state index in [1.807, 2.05) is 31.3 Å². The predicted molar refractivity (Wildman–Crippen MR) is 111 cm³/mol. The van der Waals surface area contributed by atoms with Gasteiger partial charge in [0.15, 0.2) is 0 Å². The molecular formula is C19H31Cl2NOSiZr. The van der Waals surface area contributed by atoms with E-state index in [1.54, 1.807) is 0 Å². The number of hydrogen-bond acceptors (Lipinski definition) is 2. The summed E-state index contributed by atoms with van der Waals surface area (Å²) in [6.07, 6.45) is 5.75. The van der Waals surface area contributed by atoms with E-state index in [-0.39, 0.29) is 0 Å². The van der Waals surface area contributed by atoms with Gasteiger partial charge in [-0.2, -0.15) is 0 Å². The molecule has 2 unspecified atom stereocenters. The van der Waals surface area contributed by atoms with Crippen LogP contribution in [0.2, 0.25) is 23.7 Å². The fourth-order valence-corrected chi connectivity index (χ4v) is 9.02. The average Bonchev–Trinajstić information content (AvgIpc) is 3.09. The number of benzene rings is 1. The van der Waals surface area contributed by atoms with Crippen LogP contribution in [0.4, 0.5) is 0 Å². The minimum atomic E-state index is -1.08. The number of para-hydroxylation sites is 1. The average molecular weight is 480 g/mol. The summed E-state index contributed by atoms with van der Waals surface area (Å²) in [5.41, 5.74) is 2.72. The Morgan fingerprint density at radius 1 is 1.20 bits per heavy atom. The Labute approximate surface area is 173 Å². The van der Waals surface area contributed by atoms with Crippen LogP contribution in [0.1, 0.15) is 51.2 Å². The molecule has 140 valence electrons. The van der Waals surface area contributed by atoms with Crippen molar-refractivity contribution in [1.82, 2.24) is 0 Å². The van der Waals surface area contributed by atoms with Gasteiger partial charge >= 0.3 is 37.9 Å². The molecule has 0 radical (unpaired) electrons. The van der Waals surface area contributed by atoms with Crippen LogP contribution in [0, 0.1) is 6.92 Å². The van der Waals surface area contributed by atoms with Crippen LogP contribution >= 0.6 is 17.0 Å². The SMILES string of the molecule is CC[Si](CC)(CC)C1CCC(N=Cc2cccc(C)c2O)C1.[Cl][Zr][Cl]. The number of phenolic OH excluding ortho intramolecular Hbond substituents is 1. The number of aryl methyl sites for hydroxylation is 1. The molecule has 1 aliphatic carbocycles. The van der Waals surface area contributed by atoms with Crippen LogP contribution in [0.25, 0.3) is 0 Å². The normalized spacial score (nSPS) is 20.4. The van der Waals surface area contributed by atoms with E-state index in [1.165, 1.54) is 37.4 Å². The molecule has 1 saturated carbocycles. The first-order valence-corrected chi connectivity index (χ1v) is 18.3. The Balaban J connectivity index is 0.000000970. The zero-order chi connectivity index (χ0) is 18.9. The summed E-state index contributed by atoms with van der Waals surface area (Å²) in [6.45, 7) is 9.14. The van der Waals surface area contributed by atoms with Gasteiger partial charge in [-0.15, -0.1) is 0 Å². The van der Waals surface area contributed by atoms with Crippen LogP contribution in [0.5, 0.6) is 5.75 Å². The third kappa shape index (κ3) is 6.48. The first kappa shape index (κ1) is 23.4. The van der Waals surface area contributed by atoms with Gasteiger partial charge in [-0.3, -0.25) is 4.99 Å². The van der Waals surface area contributed by atoms with Gasteiger partial charge in [0.2, 0.25) is 0 Å². The zero-order valence-electron chi connectivity index (χ0n) is 15.9. The van der Waals surface area contributed by atoms with Crippen molar-refractivity contribution in [2.45, 2.75) is 76.7 Å². The fourth-order valence-electron chi connectivity index (χ4n) is 4.24. The summed E-state index contributed by atoms with van der Waals surface area (Å²) in [6, 6.07) is 10.6. The van der Waals surface area contributed by atoms with E-state index < -0.39 is 28.9 Å². The van der Waals surface area contributed by atoms with Crippen LogP contribution in [0.15, 0.2) is 23.2 Å². The second-order valence-electron chi connectivity index (χ2n) is 6.95. The Kier molecular flexibility index (Phi) is 11.2. The van der Waals surface area contributed by atoms with Gasteiger partial charge in [0.1, 0.15) is 5.75 Å². The Morgan fingerprint density at radius 2 is 1.80 bits per heavy atom. The molecular weight excluding hydrogens is 448 g/mol. The van der Waals surface area contributed by atoms with Gasteiger partial charge in [-0.05, 0) is 36.9 Å². The van der Waals surface area contributed by atoms with Gasteiger partial charge in [-0.25, -0.2) is 0 Å².